The fourth-order valence-electron chi connectivity index (χ4n) is 6.52. The van der Waals surface area contributed by atoms with Gasteiger partial charge in [0.15, 0.2) is 6.61 Å². The van der Waals surface area contributed by atoms with E-state index in [4.69, 9.17) is 9.84 Å². The highest BCUT2D eigenvalue weighted by molar-refractivity contribution is 7.89. The van der Waals surface area contributed by atoms with Crippen molar-refractivity contribution in [1.82, 2.24) is 14.2 Å². The van der Waals surface area contributed by atoms with E-state index in [1.54, 1.807) is 23.1 Å². The number of sulfonamides is 1. The highest BCUT2D eigenvalue weighted by atomic mass is 32.2. The van der Waals surface area contributed by atoms with Gasteiger partial charge in [-0.3, -0.25) is 14.4 Å². The number of carbonyl (C=O) groups excluding carboxylic acids is 3. The highest BCUT2D eigenvalue weighted by Gasteiger charge is 2.34. The average molecular weight is 689 g/mol. The Bertz CT molecular complexity index is 2210. The van der Waals surface area contributed by atoms with Crippen molar-refractivity contribution in [1.29, 1.82) is 0 Å². The molecule has 1 fully saturated rings. The third kappa shape index (κ3) is 7.01. The van der Waals surface area contributed by atoms with Crippen LogP contribution in [-0.2, 0) is 29.1 Å². The zero-order chi connectivity index (χ0) is 34.7. The summed E-state index contributed by atoms with van der Waals surface area (Å²) < 4.78 is 33.3. The molecule has 10 nitrogen and oxygen atoms in total. The number of hydrogen-bond donors (Lipinski definition) is 0. The smallest absolute Gasteiger partial charge is 0.306 e. The molecule has 0 spiro atoms. The molecule has 5 aromatic rings. The van der Waals surface area contributed by atoms with Crippen LogP contribution < -0.4 is 0 Å². The van der Waals surface area contributed by atoms with Crippen LogP contribution in [0.4, 0.5) is 0 Å². The van der Waals surface area contributed by atoms with E-state index in [-0.39, 0.29) is 55.9 Å². The molecule has 1 atom stereocenters. The Labute approximate surface area is 290 Å². The van der Waals surface area contributed by atoms with Gasteiger partial charge in [-0.25, -0.2) is 13.4 Å². The minimum absolute atomic E-state index is 0.106. The maximum atomic E-state index is 13.4. The molecule has 7 rings (SSSR count). The SMILES string of the molecule is O=C(CCC(=O)N1CCN(S(=O)(=O)c2ccc3ccccc3c2)CC1)OCC(=O)N1N=C(c2ccc3ccccc3c2)CC1c1ccccc1. The summed E-state index contributed by atoms with van der Waals surface area (Å²) >= 11 is 0. The van der Waals surface area contributed by atoms with Crippen LogP contribution in [0, 0.1) is 0 Å². The van der Waals surface area contributed by atoms with Crippen LogP contribution in [0.5, 0.6) is 0 Å². The second-order valence-electron chi connectivity index (χ2n) is 12.4. The van der Waals surface area contributed by atoms with Gasteiger partial charge in [0.1, 0.15) is 0 Å². The molecule has 5 aromatic carbocycles. The fourth-order valence-corrected chi connectivity index (χ4v) is 7.98. The van der Waals surface area contributed by atoms with E-state index in [0.717, 1.165) is 38.4 Å². The van der Waals surface area contributed by atoms with Crippen molar-refractivity contribution in [3.05, 3.63) is 126 Å². The minimum Gasteiger partial charge on any atom is -0.455 e. The van der Waals surface area contributed by atoms with E-state index in [0.29, 0.717) is 6.42 Å². The highest BCUT2D eigenvalue weighted by Crippen LogP contribution is 2.33. The second kappa shape index (κ2) is 14.2. The van der Waals surface area contributed by atoms with Crippen molar-refractivity contribution >= 4 is 55.1 Å². The van der Waals surface area contributed by atoms with E-state index >= 15 is 0 Å². The summed E-state index contributed by atoms with van der Waals surface area (Å²) in [6.45, 7) is 0.231. The standard InChI is InChI=1S/C39H36N4O6S/c44-37(41-20-22-42(23-21-41)50(47,48)34-17-16-29-9-5-7-13-32(29)25-34)18-19-39(46)49-27-38(45)43-36(30-10-2-1-3-11-30)26-35(40-43)33-15-14-28-8-4-6-12-31(28)24-33/h1-17,24-25,36H,18-23,26-27H2. The molecule has 254 valence electrons. The summed E-state index contributed by atoms with van der Waals surface area (Å²) in [5.74, 6) is -1.40. The van der Waals surface area contributed by atoms with E-state index in [2.05, 4.69) is 6.07 Å². The van der Waals surface area contributed by atoms with E-state index in [1.165, 1.54) is 9.31 Å². The molecule has 0 N–H and O–H groups in total. The molecule has 0 aliphatic carbocycles. The minimum atomic E-state index is -3.72. The molecule has 2 aliphatic rings. The zero-order valence-electron chi connectivity index (χ0n) is 27.4. The van der Waals surface area contributed by atoms with Gasteiger partial charge in [-0.05, 0) is 50.9 Å². The van der Waals surface area contributed by atoms with Gasteiger partial charge in [-0.1, -0.05) is 97.1 Å². The number of esters is 1. The first-order valence-corrected chi connectivity index (χ1v) is 18.1. The predicted molar refractivity (Wildman–Crippen MR) is 191 cm³/mol. The van der Waals surface area contributed by atoms with Crippen molar-refractivity contribution in [3.63, 3.8) is 0 Å². The second-order valence-corrected chi connectivity index (χ2v) is 14.4. The van der Waals surface area contributed by atoms with Crippen LogP contribution >= 0.6 is 0 Å². The van der Waals surface area contributed by atoms with Crippen molar-refractivity contribution in [2.75, 3.05) is 32.8 Å². The number of rotatable bonds is 9. The molecule has 0 bridgehead atoms. The third-order valence-corrected chi connectivity index (χ3v) is 11.2. The number of benzene rings is 5. The van der Waals surface area contributed by atoms with E-state index in [1.807, 2.05) is 91.0 Å². The summed E-state index contributed by atoms with van der Waals surface area (Å²) in [5, 5.41) is 10.1. The Kier molecular flexibility index (Phi) is 9.42. The number of hydrogen-bond acceptors (Lipinski definition) is 7. The van der Waals surface area contributed by atoms with Gasteiger partial charge in [0.25, 0.3) is 5.91 Å². The number of hydrazone groups is 1. The molecule has 0 saturated carbocycles. The molecular weight excluding hydrogens is 653 g/mol. The van der Waals surface area contributed by atoms with E-state index in [9.17, 15) is 22.8 Å². The summed E-state index contributed by atoms with van der Waals surface area (Å²) in [5.41, 5.74) is 2.60. The summed E-state index contributed by atoms with van der Waals surface area (Å²) in [7, 11) is -3.72. The lowest BCUT2D eigenvalue weighted by atomic mass is 9.97. The van der Waals surface area contributed by atoms with Crippen LogP contribution in [0.1, 0.15) is 36.4 Å². The number of ether oxygens (including phenoxy) is 1. The van der Waals surface area contributed by atoms with Gasteiger partial charge in [0, 0.05) is 39.0 Å². The molecule has 11 heteroatoms. The van der Waals surface area contributed by atoms with Crippen molar-refractivity contribution in [2.24, 2.45) is 5.10 Å². The Balaban J connectivity index is 0.922. The molecular formula is C39H36N4O6S. The molecule has 0 aromatic heterocycles. The predicted octanol–water partition coefficient (Wildman–Crippen LogP) is 5.53. The quantitative estimate of drug-likeness (QED) is 0.188. The zero-order valence-corrected chi connectivity index (χ0v) is 28.2. The maximum Gasteiger partial charge on any atom is 0.306 e. The van der Waals surface area contributed by atoms with Crippen molar-refractivity contribution < 1.29 is 27.5 Å². The number of piperazine rings is 1. The lowest BCUT2D eigenvalue weighted by Gasteiger charge is -2.34. The first kappa shape index (κ1) is 33.1. The first-order valence-electron chi connectivity index (χ1n) is 16.6. The Morgan fingerprint density at radius 3 is 2.00 bits per heavy atom. The third-order valence-electron chi connectivity index (χ3n) is 9.28. The van der Waals surface area contributed by atoms with Gasteiger partial charge in [-0.15, -0.1) is 0 Å². The molecule has 50 heavy (non-hydrogen) atoms. The number of carbonyl (C=O) groups is 3. The van der Waals surface area contributed by atoms with Crippen molar-refractivity contribution in [2.45, 2.75) is 30.2 Å². The largest absolute Gasteiger partial charge is 0.455 e. The summed E-state index contributed by atoms with van der Waals surface area (Å²) in [4.78, 5) is 40.8. The summed E-state index contributed by atoms with van der Waals surface area (Å²) in [6.07, 6.45) is 0.202. The van der Waals surface area contributed by atoms with Crippen molar-refractivity contribution in [3.8, 4) is 0 Å². The van der Waals surface area contributed by atoms with Gasteiger partial charge >= 0.3 is 5.97 Å². The number of nitrogens with zero attached hydrogens (tertiary/aromatic N) is 4. The van der Waals surface area contributed by atoms with Crippen LogP contribution in [0.3, 0.4) is 0 Å². The van der Waals surface area contributed by atoms with Gasteiger partial charge < -0.3 is 9.64 Å². The molecule has 2 amide bonds. The van der Waals surface area contributed by atoms with Crippen LogP contribution in [0.25, 0.3) is 21.5 Å². The van der Waals surface area contributed by atoms with Gasteiger partial charge in [0.05, 0.1) is 23.1 Å². The van der Waals surface area contributed by atoms with Crippen LogP contribution in [0.2, 0.25) is 0 Å². The average Bonchev–Trinajstić information content (AvgIpc) is 3.62. The fraction of sp³-hybridized carbons (Fsp3) is 0.231. The lowest BCUT2D eigenvalue weighted by molar-refractivity contribution is -0.153. The van der Waals surface area contributed by atoms with Gasteiger partial charge in [-0.2, -0.15) is 9.41 Å². The number of fused-ring (bicyclic) bond motifs is 2. The molecule has 1 saturated heterocycles. The van der Waals surface area contributed by atoms with Gasteiger partial charge in [0.2, 0.25) is 15.9 Å². The molecule has 1 unspecified atom stereocenters. The van der Waals surface area contributed by atoms with E-state index < -0.39 is 28.5 Å². The Hall–Kier alpha value is -5.39. The van der Waals surface area contributed by atoms with Crippen LogP contribution in [0.15, 0.2) is 125 Å². The first-order chi connectivity index (χ1) is 24.3. The Morgan fingerprint density at radius 2 is 1.30 bits per heavy atom. The summed E-state index contributed by atoms with van der Waals surface area (Å²) in [6, 6.07) is 36.0. The lowest BCUT2D eigenvalue weighted by Crippen LogP contribution is -2.50. The van der Waals surface area contributed by atoms with Crippen LogP contribution in [-0.4, -0.2) is 78.9 Å². The molecule has 0 radical (unpaired) electrons. The Morgan fingerprint density at radius 1 is 0.680 bits per heavy atom. The molecule has 2 heterocycles. The maximum absolute atomic E-state index is 13.4. The topological polar surface area (TPSA) is 117 Å². The molecule has 2 aliphatic heterocycles. The number of amides is 2. The normalized spacial score (nSPS) is 16.8. The monoisotopic (exact) mass is 688 g/mol.